The first-order valence-corrected chi connectivity index (χ1v) is 6.24. The van der Waals surface area contributed by atoms with Gasteiger partial charge in [0.05, 0.1) is 0 Å². The second-order valence-corrected chi connectivity index (χ2v) is 5.11. The minimum Gasteiger partial charge on any atom is -0.372 e. The van der Waals surface area contributed by atoms with Crippen molar-refractivity contribution in [3.8, 4) is 0 Å². The van der Waals surface area contributed by atoms with Crippen LogP contribution in [0.1, 0.15) is 24.0 Å². The Morgan fingerprint density at radius 2 is 1.89 bits per heavy atom. The van der Waals surface area contributed by atoms with Gasteiger partial charge in [-0.05, 0) is 24.0 Å². The van der Waals surface area contributed by atoms with Crippen LogP contribution in [0.5, 0.6) is 0 Å². The van der Waals surface area contributed by atoms with Gasteiger partial charge in [0.15, 0.2) is 0 Å². The molecule has 3 rings (SSSR count). The summed E-state index contributed by atoms with van der Waals surface area (Å²) < 4.78 is 40.2. The van der Waals surface area contributed by atoms with Gasteiger partial charge in [-0.15, -0.1) is 0 Å². The molecule has 0 amide bonds. The number of halogens is 4. The van der Waals surface area contributed by atoms with Gasteiger partial charge in [0, 0.05) is 16.2 Å². The van der Waals surface area contributed by atoms with E-state index in [2.05, 4.69) is 0 Å². The van der Waals surface area contributed by atoms with Crippen LogP contribution in [0.3, 0.4) is 0 Å². The quantitative estimate of drug-likeness (QED) is 0.760. The van der Waals surface area contributed by atoms with Crippen LogP contribution >= 0.6 is 11.6 Å². The number of benzene rings is 1. The lowest BCUT2D eigenvalue weighted by atomic mass is 9.87. The van der Waals surface area contributed by atoms with E-state index >= 15 is 0 Å². The zero-order chi connectivity index (χ0) is 13.8. The lowest BCUT2D eigenvalue weighted by molar-refractivity contribution is -0.247. The first kappa shape index (κ1) is 12.8. The second kappa shape index (κ2) is 3.87. The lowest BCUT2D eigenvalue weighted by Gasteiger charge is -2.31. The van der Waals surface area contributed by atoms with E-state index in [1.54, 1.807) is 12.1 Å². The lowest BCUT2D eigenvalue weighted by Crippen LogP contribution is -2.43. The van der Waals surface area contributed by atoms with Crippen LogP contribution in [0.4, 0.5) is 13.2 Å². The Hall–Kier alpha value is -1.26. The minimum absolute atomic E-state index is 0.00252. The largest absolute Gasteiger partial charge is 0.425 e. The summed E-state index contributed by atoms with van der Waals surface area (Å²) in [5.74, 6) is 0. The van der Waals surface area contributed by atoms with E-state index in [1.165, 1.54) is 18.2 Å². The van der Waals surface area contributed by atoms with Gasteiger partial charge in [-0.2, -0.15) is 13.2 Å². The fourth-order valence-corrected chi connectivity index (χ4v) is 3.23. The van der Waals surface area contributed by atoms with E-state index in [9.17, 15) is 18.3 Å². The predicted octanol–water partition coefficient (Wildman–Crippen LogP) is 4.12. The molecule has 0 aromatic heterocycles. The van der Waals surface area contributed by atoms with Crippen LogP contribution in [0.25, 0.3) is 5.57 Å². The van der Waals surface area contributed by atoms with Gasteiger partial charge in [-0.25, -0.2) is 0 Å². The van der Waals surface area contributed by atoms with Gasteiger partial charge in [0.2, 0.25) is 5.60 Å². The Balaban J connectivity index is 2.35. The van der Waals surface area contributed by atoms with Gasteiger partial charge >= 0.3 is 6.18 Å². The first-order chi connectivity index (χ1) is 8.87. The summed E-state index contributed by atoms with van der Waals surface area (Å²) in [6, 6.07) is 6.07. The predicted molar refractivity (Wildman–Crippen MR) is 66.5 cm³/mol. The molecule has 100 valence electrons. The van der Waals surface area contributed by atoms with Crippen LogP contribution in [0, 0.1) is 0 Å². The highest BCUT2D eigenvalue weighted by Crippen LogP contribution is 2.58. The molecule has 1 nitrogen and oxygen atoms in total. The average molecular weight is 287 g/mol. The Morgan fingerprint density at radius 1 is 1.21 bits per heavy atom. The fourth-order valence-electron chi connectivity index (χ4n) is 2.87. The maximum Gasteiger partial charge on any atom is 0.425 e. The maximum atomic E-state index is 13.4. The van der Waals surface area contributed by atoms with Gasteiger partial charge < -0.3 is 5.11 Å². The third-order valence-corrected chi connectivity index (χ3v) is 4.02. The van der Waals surface area contributed by atoms with Crippen LogP contribution in [-0.4, -0.2) is 11.3 Å². The SMILES string of the molecule is OC1(C(F)(F)F)C2=C(CCC=C2Cl)c2ccccc21. The number of fused-ring (bicyclic) bond motifs is 2. The molecule has 19 heavy (non-hydrogen) atoms. The molecule has 1 atom stereocenters. The Labute approximate surface area is 113 Å². The summed E-state index contributed by atoms with van der Waals surface area (Å²) >= 11 is 5.94. The normalized spacial score (nSPS) is 26.1. The number of hydrogen-bond acceptors (Lipinski definition) is 1. The van der Waals surface area contributed by atoms with Crippen molar-refractivity contribution >= 4 is 17.2 Å². The minimum atomic E-state index is -4.80. The molecule has 0 saturated heterocycles. The molecule has 2 aliphatic carbocycles. The molecule has 0 aliphatic heterocycles. The zero-order valence-corrected chi connectivity index (χ0v) is 10.5. The average Bonchev–Trinajstić information content (AvgIpc) is 2.62. The van der Waals surface area contributed by atoms with Crippen molar-refractivity contribution in [1.29, 1.82) is 0 Å². The molecule has 0 fully saturated rings. The highest BCUT2D eigenvalue weighted by Gasteiger charge is 2.62. The third-order valence-electron chi connectivity index (χ3n) is 3.67. The molecule has 0 spiro atoms. The molecule has 1 unspecified atom stereocenters. The van der Waals surface area contributed by atoms with Crippen LogP contribution in [-0.2, 0) is 5.60 Å². The van der Waals surface area contributed by atoms with Crippen molar-refractivity contribution in [2.24, 2.45) is 0 Å². The van der Waals surface area contributed by atoms with Crippen LogP contribution < -0.4 is 0 Å². The van der Waals surface area contributed by atoms with E-state index in [-0.39, 0.29) is 16.2 Å². The summed E-state index contributed by atoms with van der Waals surface area (Å²) in [4.78, 5) is 0. The molecule has 1 N–H and O–H groups in total. The molecule has 0 radical (unpaired) electrons. The molecule has 1 aromatic rings. The molecule has 0 saturated carbocycles. The highest BCUT2D eigenvalue weighted by atomic mass is 35.5. The standard InChI is InChI=1S/C14H10ClF3O/c15-11-7-3-5-9-8-4-1-2-6-10(8)13(19,12(9)11)14(16,17)18/h1-2,4,6-7,19H,3,5H2. The smallest absolute Gasteiger partial charge is 0.372 e. The topological polar surface area (TPSA) is 20.2 Å². The van der Waals surface area contributed by atoms with E-state index < -0.39 is 11.8 Å². The van der Waals surface area contributed by atoms with Crippen molar-refractivity contribution in [3.05, 3.63) is 52.1 Å². The number of aliphatic hydroxyl groups is 1. The molecule has 0 heterocycles. The highest BCUT2D eigenvalue weighted by molar-refractivity contribution is 6.33. The van der Waals surface area contributed by atoms with E-state index in [0.717, 1.165) is 0 Å². The van der Waals surface area contributed by atoms with E-state index in [1.807, 2.05) is 0 Å². The van der Waals surface area contributed by atoms with E-state index in [0.29, 0.717) is 24.0 Å². The van der Waals surface area contributed by atoms with Gasteiger partial charge in [-0.3, -0.25) is 0 Å². The van der Waals surface area contributed by atoms with Crippen molar-refractivity contribution in [2.45, 2.75) is 24.6 Å². The van der Waals surface area contributed by atoms with Crippen molar-refractivity contribution in [3.63, 3.8) is 0 Å². The number of allylic oxidation sites excluding steroid dienone is 2. The molecule has 0 bridgehead atoms. The summed E-state index contributed by atoms with van der Waals surface area (Å²) in [5.41, 5.74) is -2.37. The van der Waals surface area contributed by atoms with Crippen molar-refractivity contribution in [1.82, 2.24) is 0 Å². The summed E-state index contributed by atoms with van der Waals surface area (Å²) in [7, 11) is 0. The van der Waals surface area contributed by atoms with Crippen molar-refractivity contribution in [2.75, 3.05) is 0 Å². The third kappa shape index (κ3) is 1.53. The summed E-state index contributed by atoms with van der Waals surface area (Å²) in [6.45, 7) is 0. The Bertz CT molecular complexity index is 615. The number of hydrogen-bond donors (Lipinski definition) is 1. The summed E-state index contributed by atoms with van der Waals surface area (Å²) in [6.07, 6.45) is -2.23. The monoisotopic (exact) mass is 286 g/mol. The second-order valence-electron chi connectivity index (χ2n) is 4.70. The molecular formula is C14H10ClF3O. The molecule has 1 aromatic carbocycles. The number of rotatable bonds is 0. The molecule has 2 aliphatic rings. The molecular weight excluding hydrogens is 277 g/mol. The van der Waals surface area contributed by atoms with Crippen molar-refractivity contribution < 1.29 is 18.3 Å². The number of alkyl halides is 3. The first-order valence-electron chi connectivity index (χ1n) is 5.86. The van der Waals surface area contributed by atoms with Gasteiger partial charge in [0.1, 0.15) is 0 Å². The van der Waals surface area contributed by atoms with Gasteiger partial charge in [0.25, 0.3) is 0 Å². The summed E-state index contributed by atoms with van der Waals surface area (Å²) in [5, 5.41) is 10.3. The fraction of sp³-hybridized carbons (Fsp3) is 0.286. The Morgan fingerprint density at radius 3 is 2.58 bits per heavy atom. The Kier molecular flexibility index (Phi) is 2.60. The van der Waals surface area contributed by atoms with Crippen LogP contribution in [0.2, 0.25) is 0 Å². The zero-order valence-electron chi connectivity index (χ0n) is 9.76. The maximum absolute atomic E-state index is 13.4. The molecule has 5 heteroatoms. The van der Waals surface area contributed by atoms with Crippen LogP contribution in [0.15, 0.2) is 40.9 Å². The van der Waals surface area contributed by atoms with Gasteiger partial charge in [-0.1, -0.05) is 41.9 Å². The van der Waals surface area contributed by atoms with E-state index in [4.69, 9.17) is 11.6 Å².